The van der Waals surface area contributed by atoms with Crippen LogP contribution < -0.4 is 0 Å². The van der Waals surface area contributed by atoms with E-state index in [1.54, 1.807) is 18.2 Å². The molecule has 0 bridgehead atoms. The molecule has 1 unspecified atom stereocenters. The first-order valence-corrected chi connectivity index (χ1v) is 14.5. The van der Waals surface area contributed by atoms with Gasteiger partial charge in [0.2, 0.25) is 0 Å². The van der Waals surface area contributed by atoms with Crippen LogP contribution in [0.1, 0.15) is 82.6 Å². The fourth-order valence-electron chi connectivity index (χ4n) is 5.33. The van der Waals surface area contributed by atoms with E-state index in [4.69, 9.17) is 0 Å². The number of unbranched alkanes of at least 4 members (excludes halogenated alkanes) is 2. The van der Waals surface area contributed by atoms with Crippen molar-refractivity contribution >= 4 is 8.80 Å². The Morgan fingerprint density at radius 2 is 1.72 bits per heavy atom. The van der Waals surface area contributed by atoms with Gasteiger partial charge in [-0.15, -0.1) is 0 Å². The third kappa shape index (κ3) is 7.57. The van der Waals surface area contributed by atoms with Gasteiger partial charge in [-0.1, -0.05) is 81.1 Å². The summed E-state index contributed by atoms with van der Waals surface area (Å²) in [6.45, 7) is 2.29. The summed E-state index contributed by atoms with van der Waals surface area (Å²) in [5, 5.41) is 10.4. The molecule has 29 heavy (non-hydrogen) atoms. The lowest BCUT2D eigenvalue weighted by Crippen LogP contribution is -2.23. The van der Waals surface area contributed by atoms with Gasteiger partial charge in [-0.05, 0) is 61.6 Å². The monoisotopic (exact) mass is 414 g/mol. The molecule has 0 radical (unpaired) electrons. The molecule has 2 fully saturated rings. The molecule has 1 aromatic carbocycles. The quantitative estimate of drug-likeness (QED) is 0.300. The van der Waals surface area contributed by atoms with Crippen LogP contribution in [0.3, 0.4) is 0 Å². The van der Waals surface area contributed by atoms with Gasteiger partial charge >= 0.3 is 0 Å². The van der Waals surface area contributed by atoms with Crippen molar-refractivity contribution in [3.8, 4) is 11.8 Å². The largest absolute Gasteiger partial charge is 0.380 e. The zero-order valence-corrected chi connectivity index (χ0v) is 19.4. The molecule has 0 amide bonds. The van der Waals surface area contributed by atoms with E-state index >= 15 is 0 Å². The number of aliphatic hydroxyl groups is 1. The van der Waals surface area contributed by atoms with E-state index in [1.165, 1.54) is 49.8 Å². The van der Waals surface area contributed by atoms with E-state index in [2.05, 4.69) is 18.8 Å². The molecule has 0 spiro atoms. The van der Waals surface area contributed by atoms with Crippen LogP contribution in [0.25, 0.3) is 0 Å². The molecule has 160 valence electrons. The molecule has 1 saturated heterocycles. The Labute approximate surface area is 179 Å². The van der Waals surface area contributed by atoms with Crippen LogP contribution >= 0.6 is 0 Å². The van der Waals surface area contributed by atoms with Gasteiger partial charge in [0.1, 0.15) is 11.9 Å². The van der Waals surface area contributed by atoms with Crippen molar-refractivity contribution in [2.75, 3.05) is 0 Å². The van der Waals surface area contributed by atoms with Crippen LogP contribution in [0.4, 0.5) is 4.39 Å². The van der Waals surface area contributed by atoms with E-state index in [1.807, 2.05) is 12.1 Å². The fourth-order valence-corrected chi connectivity index (χ4v) is 8.95. The molecule has 2 aliphatic rings. The van der Waals surface area contributed by atoms with Crippen LogP contribution in [0, 0.1) is 29.5 Å². The molecular weight excluding hydrogens is 375 g/mol. The van der Waals surface area contributed by atoms with E-state index in [-0.39, 0.29) is 5.82 Å². The molecule has 1 atom stereocenters. The Morgan fingerprint density at radius 1 is 1.03 bits per heavy atom. The number of halogens is 1. The summed E-state index contributed by atoms with van der Waals surface area (Å²) in [6.07, 6.45) is 11.7. The summed E-state index contributed by atoms with van der Waals surface area (Å²) in [7, 11) is -0.454. The summed E-state index contributed by atoms with van der Waals surface area (Å²) >= 11 is 0. The van der Waals surface area contributed by atoms with Crippen molar-refractivity contribution in [3.63, 3.8) is 0 Å². The summed E-state index contributed by atoms with van der Waals surface area (Å²) in [5.41, 5.74) is 1.26. The van der Waals surface area contributed by atoms with Gasteiger partial charge in [0.15, 0.2) is 0 Å². The minimum absolute atomic E-state index is 0.158. The Morgan fingerprint density at radius 3 is 2.38 bits per heavy atom. The highest BCUT2D eigenvalue weighted by Gasteiger charge is 2.24. The zero-order chi connectivity index (χ0) is 20.5. The molecule has 1 heterocycles. The molecule has 1 nitrogen and oxygen atoms in total. The van der Waals surface area contributed by atoms with E-state index in [0.29, 0.717) is 17.8 Å². The highest BCUT2D eigenvalue weighted by Crippen LogP contribution is 2.35. The van der Waals surface area contributed by atoms with Gasteiger partial charge in [0.05, 0.1) is 0 Å². The Balaban J connectivity index is 1.35. The van der Waals surface area contributed by atoms with Crippen LogP contribution in [-0.4, -0.2) is 20.0 Å². The standard InChI is InChI=1S/C26H39FOSi/c1-2-3-4-17-29-18-15-22(16-19-29)20-26(28)14-7-21-5-8-23(9-6-21)24-10-12-25(27)13-11-24/h10-13,21-23,26,28-29H,2-6,8-9,15-20H2,1H3/t21-,22?,23-,26?,29?. The smallest absolute Gasteiger partial charge is 0.123 e. The molecule has 1 aliphatic heterocycles. The SMILES string of the molecule is CCCCC[SiH]1CCC(CC(O)C#C[C@H]2CC[C@H](c3ccc(F)cc3)CC2)CC1. The van der Waals surface area contributed by atoms with Gasteiger partial charge < -0.3 is 5.11 Å². The van der Waals surface area contributed by atoms with Gasteiger partial charge in [0.25, 0.3) is 0 Å². The molecule has 3 rings (SSSR count). The van der Waals surface area contributed by atoms with Crippen molar-refractivity contribution in [1.82, 2.24) is 0 Å². The van der Waals surface area contributed by atoms with Crippen molar-refractivity contribution in [2.24, 2.45) is 11.8 Å². The summed E-state index contributed by atoms with van der Waals surface area (Å²) < 4.78 is 13.1. The molecule has 0 aromatic heterocycles. The van der Waals surface area contributed by atoms with E-state index < -0.39 is 14.9 Å². The number of hydrogen-bond donors (Lipinski definition) is 1. The predicted molar refractivity (Wildman–Crippen MR) is 123 cm³/mol. The van der Waals surface area contributed by atoms with Gasteiger partial charge in [-0.25, -0.2) is 4.39 Å². The number of aliphatic hydroxyl groups excluding tert-OH is 1. The highest BCUT2D eigenvalue weighted by atomic mass is 28.3. The summed E-state index contributed by atoms with van der Waals surface area (Å²) in [4.78, 5) is 0. The first kappa shape index (κ1) is 22.6. The van der Waals surface area contributed by atoms with Crippen LogP contribution in [0.15, 0.2) is 24.3 Å². The Hall–Kier alpha value is -1.11. The Bertz CT molecular complexity index is 646. The Kier molecular flexibility index (Phi) is 9.27. The van der Waals surface area contributed by atoms with Crippen molar-refractivity contribution in [1.29, 1.82) is 0 Å². The second-order valence-electron chi connectivity index (χ2n) is 9.52. The molecule has 1 N–H and O–H groups in total. The fraction of sp³-hybridized carbons (Fsp3) is 0.692. The highest BCUT2D eigenvalue weighted by molar-refractivity contribution is 6.58. The second kappa shape index (κ2) is 11.9. The molecule has 3 heteroatoms. The lowest BCUT2D eigenvalue weighted by Gasteiger charge is -2.28. The normalized spacial score (nSPS) is 28.4. The van der Waals surface area contributed by atoms with Crippen LogP contribution in [0.2, 0.25) is 18.1 Å². The molecule has 1 aliphatic carbocycles. The first-order valence-electron chi connectivity index (χ1n) is 12.1. The number of rotatable bonds is 7. The third-order valence-electron chi connectivity index (χ3n) is 7.26. The third-order valence-corrected chi connectivity index (χ3v) is 10.8. The average Bonchev–Trinajstić information content (AvgIpc) is 2.75. The second-order valence-corrected chi connectivity index (χ2v) is 13.0. The molecular formula is C26H39FOSi. The van der Waals surface area contributed by atoms with Crippen molar-refractivity contribution in [2.45, 2.75) is 101 Å². The van der Waals surface area contributed by atoms with Gasteiger partial charge in [0, 0.05) is 14.7 Å². The predicted octanol–water partition coefficient (Wildman–Crippen LogP) is 6.68. The maximum Gasteiger partial charge on any atom is 0.123 e. The lowest BCUT2D eigenvalue weighted by molar-refractivity contribution is 0.189. The molecule has 1 aromatic rings. The zero-order valence-electron chi connectivity index (χ0n) is 18.2. The number of benzene rings is 1. The van der Waals surface area contributed by atoms with Crippen molar-refractivity contribution < 1.29 is 9.50 Å². The van der Waals surface area contributed by atoms with E-state index in [0.717, 1.165) is 32.1 Å². The minimum atomic E-state index is -0.454. The van der Waals surface area contributed by atoms with E-state index in [9.17, 15) is 9.50 Å². The first-order chi connectivity index (χ1) is 14.1. The van der Waals surface area contributed by atoms with Gasteiger partial charge in [-0.3, -0.25) is 0 Å². The maximum atomic E-state index is 13.1. The summed E-state index contributed by atoms with van der Waals surface area (Å²) in [5.74, 6) is 8.06. The topological polar surface area (TPSA) is 20.2 Å². The lowest BCUT2D eigenvalue weighted by atomic mass is 9.79. The van der Waals surface area contributed by atoms with Gasteiger partial charge in [-0.2, -0.15) is 0 Å². The van der Waals surface area contributed by atoms with Crippen LogP contribution in [-0.2, 0) is 0 Å². The summed E-state index contributed by atoms with van der Waals surface area (Å²) in [6, 6.07) is 11.5. The van der Waals surface area contributed by atoms with Crippen LogP contribution in [0.5, 0.6) is 0 Å². The minimum Gasteiger partial charge on any atom is -0.380 e. The van der Waals surface area contributed by atoms with Crippen molar-refractivity contribution in [3.05, 3.63) is 35.6 Å². The number of hydrogen-bond acceptors (Lipinski definition) is 1. The maximum absolute atomic E-state index is 13.1. The molecule has 1 saturated carbocycles. The average molecular weight is 415 g/mol.